The highest BCUT2D eigenvalue weighted by molar-refractivity contribution is 5.99. The molecule has 1 aliphatic rings. The van der Waals surface area contributed by atoms with E-state index in [1.54, 1.807) is 0 Å². The fourth-order valence-corrected chi connectivity index (χ4v) is 3.75. The Morgan fingerprint density at radius 2 is 2.00 bits per heavy atom. The molecule has 1 fully saturated rings. The van der Waals surface area contributed by atoms with Crippen LogP contribution in [0.5, 0.6) is 5.75 Å². The topological polar surface area (TPSA) is 81.3 Å². The summed E-state index contributed by atoms with van der Waals surface area (Å²) < 4.78 is 12.9. The minimum atomic E-state index is -0.747. The average molecular weight is 406 g/mol. The monoisotopic (exact) mass is 406 g/mol. The maximum Gasteiger partial charge on any atom is 0.349 e. The molecule has 0 saturated heterocycles. The highest BCUT2D eigenvalue weighted by Gasteiger charge is 2.27. The summed E-state index contributed by atoms with van der Waals surface area (Å²) in [5, 5.41) is 9.49. The van der Waals surface area contributed by atoms with Crippen molar-refractivity contribution < 1.29 is 19.1 Å². The van der Waals surface area contributed by atoms with Gasteiger partial charge in [-0.1, -0.05) is 0 Å². The summed E-state index contributed by atoms with van der Waals surface area (Å²) in [6.45, 7) is 6.44. The van der Waals surface area contributed by atoms with E-state index in [0.29, 0.717) is 19.4 Å². The van der Waals surface area contributed by atoms with Gasteiger partial charge in [0.2, 0.25) is 0 Å². The second-order valence-corrected chi connectivity index (χ2v) is 7.36. The molecule has 0 N–H and O–H groups in total. The summed E-state index contributed by atoms with van der Waals surface area (Å²) >= 11 is 0. The zero-order valence-corrected chi connectivity index (χ0v) is 17.6. The molecule has 0 aliphatic heterocycles. The molecule has 6 heteroatoms. The number of aromatic nitrogens is 1. The van der Waals surface area contributed by atoms with Gasteiger partial charge in [0.25, 0.3) is 0 Å². The molecule has 0 radical (unpaired) electrons. The molecule has 1 aromatic carbocycles. The van der Waals surface area contributed by atoms with Crippen LogP contribution in [0.4, 0.5) is 0 Å². The summed E-state index contributed by atoms with van der Waals surface area (Å²) in [7, 11) is 0. The summed E-state index contributed by atoms with van der Waals surface area (Å²) in [4.78, 5) is 24.4. The molecule has 3 rings (SSSR count). The van der Waals surface area contributed by atoms with Crippen molar-refractivity contribution in [2.45, 2.75) is 52.6 Å². The molecule has 1 atom stereocenters. The van der Waals surface area contributed by atoms with Crippen molar-refractivity contribution in [3.63, 3.8) is 0 Å². The standard InChI is InChI=1S/C24H26N2O4/c1-4-29-21-11-9-20(10-12-21)26-16(2)13-18(17(26)3)14-19(15-25)24(28)30-23-8-6-5-7-22(23)27/h9-14,23H,4-8H2,1-3H3/b19-14+/t23-/m0/s1. The van der Waals surface area contributed by atoms with Gasteiger partial charge in [0, 0.05) is 23.5 Å². The van der Waals surface area contributed by atoms with Crippen molar-refractivity contribution in [1.82, 2.24) is 4.57 Å². The maximum absolute atomic E-state index is 12.5. The molecule has 0 bridgehead atoms. The second-order valence-electron chi connectivity index (χ2n) is 7.36. The SMILES string of the molecule is CCOc1ccc(-n2c(C)cc(/C=C(\C#N)C(=O)O[C@H]3CCCCC3=O)c2C)cc1. The Morgan fingerprint density at radius 3 is 2.63 bits per heavy atom. The molecule has 0 unspecified atom stereocenters. The van der Waals surface area contributed by atoms with Gasteiger partial charge in [-0.2, -0.15) is 5.26 Å². The number of nitriles is 1. The van der Waals surface area contributed by atoms with Crippen LogP contribution in [-0.2, 0) is 14.3 Å². The Morgan fingerprint density at radius 1 is 1.27 bits per heavy atom. The van der Waals surface area contributed by atoms with Gasteiger partial charge in [0.05, 0.1) is 6.61 Å². The Labute approximate surface area is 176 Å². The van der Waals surface area contributed by atoms with E-state index in [4.69, 9.17) is 9.47 Å². The third-order valence-corrected chi connectivity index (χ3v) is 5.26. The van der Waals surface area contributed by atoms with Crippen molar-refractivity contribution in [3.8, 4) is 17.5 Å². The Hall–Kier alpha value is -3.33. The van der Waals surface area contributed by atoms with E-state index in [1.165, 1.54) is 6.08 Å². The predicted octanol–water partition coefficient (Wildman–Crippen LogP) is 4.45. The summed E-state index contributed by atoms with van der Waals surface area (Å²) in [5.41, 5.74) is 3.47. The normalized spacial score (nSPS) is 16.8. The molecular weight excluding hydrogens is 380 g/mol. The molecule has 156 valence electrons. The number of benzene rings is 1. The van der Waals surface area contributed by atoms with Crippen LogP contribution in [0.3, 0.4) is 0 Å². The van der Waals surface area contributed by atoms with Gasteiger partial charge in [0.15, 0.2) is 11.9 Å². The smallest absolute Gasteiger partial charge is 0.349 e. The number of hydrogen-bond acceptors (Lipinski definition) is 5. The number of rotatable bonds is 6. The predicted molar refractivity (Wildman–Crippen MR) is 113 cm³/mol. The first-order chi connectivity index (χ1) is 14.4. The summed E-state index contributed by atoms with van der Waals surface area (Å²) in [5.74, 6) is -0.0141. The van der Waals surface area contributed by atoms with Crippen LogP contribution in [0.25, 0.3) is 11.8 Å². The number of esters is 1. The lowest BCUT2D eigenvalue weighted by Gasteiger charge is -2.20. The number of aryl methyl sites for hydroxylation is 1. The minimum absolute atomic E-state index is 0.0689. The quantitative estimate of drug-likeness (QED) is 0.402. The van der Waals surface area contributed by atoms with Crippen LogP contribution in [0.15, 0.2) is 35.9 Å². The first kappa shape index (κ1) is 21.4. The lowest BCUT2D eigenvalue weighted by atomic mass is 9.96. The lowest BCUT2D eigenvalue weighted by Crippen LogP contribution is -2.30. The number of nitrogens with zero attached hydrogens (tertiary/aromatic N) is 2. The van der Waals surface area contributed by atoms with Crippen molar-refractivity contribution in [2.24, 2.45) is 0 Å². The van der Waals surface area contributed by atoms with Gasteiger partial charge in [-0.3, -0.25) is 4.79 Å². The van der Waals surface area contributed by atoms with E-state index >= 15 is 0 Å². The van der Waals surface area contributed by atoms with Gasteiger partial charge in [0.1, 0.15) is 17.4 Å². The first-order valence-electron chi connectivity index (χ1n) is 10.2. The molecule has 30 heavy (non-hydrogen) atoms. The largest absolute Gasteiger partial charge is 0.494 e. The third kappa shape index (κ3) is 4.62. The molecule has 1 heterocycles. The molecule has 1 aliphatic carbocycles. The number of carbonyl (C=O) groups is 2. The van der Waals surface area contributed by atoms with Crippen molar-refractivity contribution >= 4 is 17.8 Å². The van der Waals surface area contributed by atoms with Gasteiger partial charge < -0.3 is 14.0 Å². The van der Waals surface area contributed by atoms with Gasteiger partial charge in [-0.25, -0.2) is 4.79 Å². The fourth-order valence-electron chi connectivity index (χ4n) is 3.75. The van der Waals surface area contributed by atoms with Crippen molar-refractivity contribution in [2.75, 3.05) is 6.61 Å². The zero-order chi connectivity index (χ0) is 21.7. The number of Topliss-reactive ketones (excluding diaryl/α,β-unsaturated/α-hetero) is 1. The molecule has 6 nitrogen and oxygen atoms in total. The van der Waals surface area contributed by atoms with Gasteiger partial charge >= 0.3 is 5.97 Å². The van der Waals surface area contributed by atoms with Gasteiger partial charge in [-0.15, -0.1) is 0 Å². The molecule has 0 spiro atoms. The highest BCUT2D eigenvalue weighted by Crippen LogP contribution is 2.25. The Bertz CT molecular complexity index is 1010. The van der Waals surface area contributed by atoms with Crippen LogP contribution in [0, 0.1) is 25.2 Å². The van der Waals surface area contributed by atoms with Crippen LogP contribution >= 0.6 is 0 Å². The van der Waals surface area contributed by atoms with Crippen LogP contribution in [0.2, 0.25) is 0 Å². The molecule has 2 aromatic rings. The summed E-state index contributed by atoms with van der Waals surface area (Å²) in [6.07, 6.45) is 3.41. The minimum Gasteiger partial charge on any atom is -0.494 e. The fraction of sp³-hybridized carbons (Fsp3) is 0.375. The zero-order valence-electron chi connectivity index (χ0n) is 17.6. The van der Waals surface area contributed by atoms with E-state index < -0.39 is 12.1 Å². The third-order valence-electron chi connectivity index (χ3n) is 5.26. The van der Waals surface area contributed by atoms with E-state index in [-0.39, 0.29) is 11.4 Å². The Balaban J connectivity index is 1.85. The molecular formula is C24H26N2O4. The van der Waals surface area contributed by atoms with E-state index in [9.17, 15) is 14.9 Å². The second kappa shape index (κ2) is 9.45. The molecule has 1 aromatic heterocycles. The van der Waals surface area contributed by atoms with Crippen molar-refractivity contribution in [1.29, 1.82) is 5.26 Å². The maximum atomic E-state index is 12.5. The molecule has 1 saturated carbocycles. The average Bonchev–Trinajstić information content (AvgIpc) is 3.01. The highest BCUT2D eigenvalue weighted by atomic mass is 16.5. The Kier molecular flexibility index (Phi) is 6.73. The number of ketones is 1. The summed E-state index contributed by atoms with van der Waals surface area (Å²) in [6, 6.07) is 11.6. The van der Waals surface area contributed by atoms with Crippen LogP contribution in [-0.4, -0.2) is 29.0 Å². The lowest BCUT2D eigenvalue weighted by molar-refractivity contribution is -0.152. The van der Waals surface area contributed by atoms with E-state index in [1.807, 2.05) is 61.7 Å². The van der Waals surface area contributed by atoms with Crippen molar-refractivity contribution in [3.05, 3.63) is 52.9 Å². The van der Waals surface area contributed by atoms with Crippen LogP contribution < -0.4 is 4.74 Å². The number of hydrogen-bond donors (Lipinski definition) is 0. The first-order valence-corrected chi connectivity index (χ1v) is 10.2. The van der Waals surface area contributed by atoms with Gasteiger partial charge in [-0.05, 0) is 82.0 Å². The number of carbonyl (C=O) groups excluding carboxylic acids is 2. The molecule has 0 amide bonds. The van der Waals surface area contributed by atoms with E-state index in [0.717, 1.165) is 41.2 Å². The van der Waals surface area contributed by atoms with Crippen LogP contribution in [0.1, 0.15) is 49.6 Å². The number of ether oxygens (including phenoxy) is 2. The van der Waals surface area contributed by atoms with E-state index in [2.05, 4.69) is 0 Å².